The lowest BCUT2D eigenvalue weighted by Gasteiger charge is -2.10. The Balaban J connectivity index is 1.59. The van der Waals surface area contributed by atoms with Gasteiger partial charge >= 0.3 is 6.18 Å². The first-order chi connectivity index (χ1) is 16.1. The molecular formula is C22H13Cl4F3N2O3. The fourth-order valence-corrected chi connectivity index (χ4v) is 3.30. The first-order valence-electron chi connectivity index (χ1n) is 9.31. The molecule has 5 nitrogen and oxygen atoms in total. The van der Waals surface area contributed by atoms with Gasteiger partial charge in [-0.2, -0.15) is 13.2 Å². The summed E-state index contributed by atoms with van der Waals surface area (Å²) >= 11 is 23.4. The largest absolute Gasteiger partial charge is 0.489 e. The number of rotatable bonds is 7. The third kappa shape index (κ3) is 7.21. The highest BCUT2D eigenvalue weighted by Crippen LogP contribution is 2.37. The lowest BCUT2D eigenvalue weighted by atomic mass is 10.1. The van der Waals surface area contributed by atoms with Gasteiger partial charge < -0.3 is 14.2 Å². The highest BCUT2D eigenvalue weighted by Gasteiger charge is 2.30. The number of hydrogen-bond donors (Lipinski definition) is 0. The van der Waals surface area contributed by atoms with E-state index in [-0.39, 0.29) is 51.4 Å². The second kappa shape index (κ2) is 11.7. The maximum atomic E-state index is 13.0. The smallest absolute Gasteiger partial charge is 0.416 e. The molecule has 3 aromatic rings. The van der Waals surface area contributed by atoms with Crippen LogP contribution in [0.5, 0.6) is 17.4 Å². The zero-order valence-corrected chi connectivity index (χ0v) is 20.0. The molecule has 0 spiro atoms. The van der Waals surface area contributed by atoms with Gasteiger partial charge in [-0.1, -0.05) is 58.2 Å². The van der Waals surface area contributed by atoms with Crippen LogP contribution in [0.15, 0.2) is 47.2 Å². The Morgan fingerprint density at radius 1 is 0.941 bits per heavy atom. The zero-order valence-electron chi connectivity index (χ0n) is 16.9. The van der Waals surface area contributed by atoms with Crippen molar-refractivity contribution in [3.8, 4) is 29.2 Å². The number of ether oxygens (including phenoxy) is 3. The van der Waals surface area contributed by atoms with Gasteiger partial charge in [0.2, 0.25) is 5.88 Å². The van der Waals surface area contributed by atoms with Crippen molar-refractivity contribution in [1.29, 1.82) is 0 Å². The SMILES string of the molecule is FC(F)(F)c1ccc2ncnc(OCC#CCOc3c(Cl)cc(OCC=C(Cl)Cl)cc3Cl)c2c1. The molecule has 0 unspecified atom stereocenters. The monoisotopic (exact) mass is 550 g/mol. The summed E-state index contributed by atoms with van der Waals surface area (Å²) < 4.78 is 55.3. The normalized spacial score (nSPS) is 10.9. The van der Waals surface area contributed by atoms with E-state index < -0.39 is 11.7 Å². The van der Waals surface area contributed by atoms with Gasteiger partial charge in [0.1, 0.15) is 29.8 Å². The van der Waals surface area contributed by atoms with Gasteiger partial charge in [0, 0.05) is 12.1 Å². The molecule has 0 aliphatic heterocycles. The summed E-state index contributed by atoms with van der Waals surface area (Å²) in [4.78, 5) is 7.83. The summed E-state index contributed by atoms with van der Waals surface area (Å²) in [5.41, 5.74) is -0.517. The predicted octanol–water partition coefficient (Wildman–Crippen LogP) is 7.11. The molecule has 0 atom stereocenters. The minimum absolute atomic E-state index is 0.0155. The molecular weight excluding hydrogens is 539 g/mol. The number of alkyl halides is 3. The molecule has 0 radical (unpaired) electrons. The second-order valence-electron chi connectivity index (χ2n) is 6.36. The van der Waals surface area contributed by atoms with Crippen molar-refractivity contribution in [3.05, 3.63) is 62.8 Å². The first kappa shape index (κ1) is 26.0. The van der Waals surface area contributed by atoms with E-state index in [2.05, 4.69) is 21.8 Å². The number of hydrogen-bond acceptors (Lipinski definition) is 5. The van der Waals surface area contributed by atoms with Crippen LogP contribution < -0.4 is 14.2 Å². The number of halogens is 7. The average Bonchev–Trinajstić information content (AvgIpc) is 2.76. The third-order valence-electron chi connectivity index (χ3n) is 4.08. The molecule has 0 saturated carbocycles. The van der Waals surface area contributed by atoms with E-state index >= 15 is 0 Å². The van der Waals surface area contributed by atoms with Crippen molar-refractivity contribution in [2.75, 3.05) is 19.8 Å². The minimum Gasteiger partial charge on any atom is -0.489 e. The van der Waals surface area contributed by atoms with Crippen LogP contribution in [-0.4, -0.2) is 29.8 Å². The van der Waals surface area contributed by atoms with Crippen molar-refractivity contribution in [3.63, 3.8) is 0 Å². The molecule has 0 N–H and O–H groups in total. The van der Waals surface area contributed by atoms with Gasteiger partial charge in [0.15, 0.2) is 12.4 Å². The van der Waals surface area contributed by atoms with Crippen LogP contribution in [0.1, 0.15) is 5.56 Å². The van der Waals surface area contributed by atoms with Gasteiger partial charge in [-0.25, -0.2) is 9.97 Å². The Morgan fingerprint density at radius 3 is 2.26 bits per heavy atom. The van der Waals surface area contributed by atoms with Gasteiger partial charge in [-0.3, -0.25) is 0 Å². The zero-order chi connectivity index (χ0) is 24.7. The Bertz CT molecular complexity index is 1250. The summed E-state index contributed by atoms with van der Waals surface area (Å²) in [5, 5.41) is 0.531. The van der Waals surface area contributed by atoms with Gasteiger partial charge in [0.25, 0.3) is 0 Å². The summed E-state index contributed by atoms with van der Waals surface area (Å²) in [6, 6.07) is 6.13. The van der Waals surface area contributed by atoms with Crippen molar-refractivity contribution in [2.24, 2.45) is 0 Å². The van der Waals surface area contributed by atoms with Gasteiger partial charge in [-0.05, 0) is 24.3 Å². The van der Waals surface area contributed by atoms with E-state index in [9.17, 15) is 13.2 Å². The summed E-state index contributed by atoms with van der Waals surface area (Å²) in [6.07, 6.45) is -1.85. The highest BCUT2D eigenvalue weighted by atomic mass is 35.5. The fourth-order valence-electron chi connectivity index (χ4n) is 2.60. The number of fused-ring (bicyclic) bond motifs is 1. The summed E-state index contributed by atoms with van der Waals surface area (Å²) in [5.74, 6) is 5.96. The topological polar surface area (TPSA) is 53.5 Å². The van der Waals surface area contributed by atoms with Crippen LogP contribution in [-0.2, 0) is 6.18 Å². The summed E-state index contributed by atoms with van der Waals surface area (Å²) in [6.45, 7) is -0.0905. The molecule has 178 valence electrons. The lowest BCUT2D eigenvalue weighted by molar-refractivity contribution is -0.137. The number of nitrogens with zero attached hydrogens (tertiary/aromatic N) is 2. The molecule has 0 bridgehead atoms. The van der Waals surface area contributed by atoms with Crippen molar-refractivity contribution in [2.45, 2.75) is 6.18 Å². The second-order valence-corrected chi connectivity index (χ2v) is 8.18. The molecule has 0 aliphatic rings. The fraction of sp³-hybridized carbons (Fsp3) is 0.182. The third-order valence-corrected chi connectivity index (χ3v) is 4.95. The van der Waals surface area contributed by atoms with Crippen LogP contribution in [0.4, 0.5) is 13.2 Å². The molecule has 34 heavy (non-hydrogen) atoms. The maximum absolute atomic E-state index is 13.0. The van der Waals surface area contributed by atoms with E-state index in [0.29, 0.717) is 11.3 Å². The molecule has 0 amide bonds. The van der Waals surface area contributed by atoms with Gasteiger partial charge in [0.05, 0.1) is 26.5 Å². The Hall–Kier alpha value is -2.57. The molecule has 0 saturated heterocycles. The Morgan fingerprint density at radius 2 is 1.62 bits per heavy atom. The molecule has 0 fully saturated rings. The Labute approximate surface area is 212 Å². The molecule has 2 aromatic carbocycles. The van der Waals surface area contributed by atoms with Crippen LogP contribution in [0.25, 0.3) is 10.9 Å². The highest BCUT2D eigenvalue weighted by molar-refractivity contribution is 6.55. The standard InChI is InChI=1S/C22H13Cl4F3N2O3/c23-16-10-14(32-8-5-19(25)26)11-17(24)20(16)33-6-1-2-7-34-21-15-9-13(22(27,28)29)3-4-18(15)30-12-31-21/h3-5,9-12H,6-8H2. The molecule has 1 heterocycles. The van der Waals surface area contributed by atoms with E-state index in [0.717, 1.165) is 12.1 Å². The van der Waals surface area contributed by atoms with Crippen molar-refractivity contribution in [1.82, 2.24) is 9.97 Å². The number of aromatic nitrogens is 2. The van der Waals surface area contributed by atoms with E-state index in [4.69, 9.17) is 60.6 Å². The summed E-state index contributed by atoms with van der Waals surface area (Å²) in [7, 11) is 0. The van der Waals surface area contributed by atoms with Crippen LogP contribution in [0.2, 0.25) is 10.0 Å². The molecule has 0 aliphatic carbocycles. The maximum Gasteiger partial charge on any atom is 0.416 e. The van der Waals surface area contributed by atoms with Crippen LogP contribution in [0.3, 0.4) is 0 Å². The minimum atomic E-state index is -4.50. The predicted molar refractivity (Wildman–Crippen MR) is 125 cm³/mol. The average molecular weight is 552 g/mol. The van der Waals surface area contributed by atoms with E-state index in [1.54, 1.807) is 0 Å². The quantitative estimate of drug-likeness (QED) is 0.293. The first-order valence-corrected chi connectivity index (χ1v) is 10.8. The molecule has 3 rings (SSSR count). The van der Waals surface area contributed by atoms with Gasteiger partial charge in [-0.15, -0.1) is 0 Å². The Kier molecular flexibility index (Phi) is 8.97. The van der Waals surface area contributed by atoms with E-state index in [1.165, 1.54) is 30.6 Å². The van der Waals surface area contributed by atoms with Crippen molar-refractivity contribution < 1.29 is 27.4 Å². The molecule has 1 aromatic heterocycles. The van der Waals surface area contributed by atoms with Crippen LogP contribution >= 0.6 is 46.4 Å². The lowest BCUT2D eigenvalue weighted by Crippen LogP contribution is -2.05. The van der Waals surface area contributed by atoms with Crippen molar-refractivity contribution >= 4 is 57.3 Å². The number of benzene rings is 2. The van der Waals surface area contributed by atoms with Crippen LogP contribution in [0, 0.1) is 11.8 Å². The van der Waals surface area contributed by atoms with E-state index in [1.807, 2.05) is 0 Å². The molecule has 12 heteroatoms.